The van der Waals surface area contributed by atoms with E-state index in [1.165, 1.54) is 0 Å². The SMILES string of the molecule is CC[C@@H](O)OCc1ccccc1. The van der Waals surface area contributed by atoms with Gasteiger partial charge in [0.05, 0.1) is 6.61 Å². The predicted molar refractivity (Wildman–Crippen MR) is 47.5 cm³/mol. The van der Waals surface area contributed by atoms with Crippen molar-refractivity contribution in [3.63, 3.8) is 0 Å². The van der Waals surface area contributed by atoms with Crippen molar-refractivity contribution in [2.45, 2.75) is 26.2 Å². The molecule has 0 aliphatic carbocycles. The molecule has 0 unspecified atom stereocenters. The number of ether oxygens (including phenoxy) is 1. The van der Waals surface area contributed by atoms with Crippen LogP contribution in [0, 0.1) is 0 Å². The Morgan fingerprint density at radius 3 is 2.58 bits per heavy atom. The second kappa shape index (κ2) is 4.91. The van der Waals surface area contributed by atoms with Crippen LogP contribution in [0.5, 0.6) is 0 Å². The third-order valence-corrected chi connectivity index (χ3v) is 1.63. The highest BCUT2D eigenvalue weighted by molar-refractivity contribution is 5.13. The zero-order chi connectivity index (χ0) is 8.81. The molecule has 1 aromatic carbocycles. The Balaban J connectivity index is 2.33. The van der Waals surface area contributed by atoms with Crippen molar-refractivity contribution >= 4 is 0 Å². The van der Waals surface area contributed by atoms with Gasteiger partial charge in [0.15, 0.2) is 6.29 Å². The Morgan fingerprint density at radius 2 is 2.00 bits per heavy atom. The Morgan fingerprint density at radius 1 is 1.33 bits per heavy atom. The largest absolute Gasteiger partial charge is 0.368 e. The minimum atomic E-state index is -0.634. The molecule has 1 aromatic rings. The highest BCUT2D eigenvalue weighted by atomic mass is 16.6. The van der Waals surface area contributed by atoms with Gasteiger partial charge in [-0.3, -0.25) is 0 Å². The molecule has 0 aromatic heterocycles. The van der Waals surface area contributed by atoms with Crippen LogP contribution in [0.2, 0.25) is 0 Å². The van der Waals surface area contributed by atoms with Crippen LogP contribution in [-0.2, 0) is 11.3 Å². The highest BCUT2D eigenvalue weighted by Crippen LogP contribution is 2.03. The van der Waals surface area contributed by atoms with Crippen LogP contribution in [-0.4, -0.2) is 11.4 Å². The van der Waals surface area contributed by atoms with Gasteiger partial charge in [-0.25, -0.2) is 0 Å². The standard InChI is InChI=1S/C10H14O2/c1-2-10(11)12-8-9-6-4-3-5-7-9/h3-7,10-11H,2,8H2,1H3/t10-/m0/s1. The van der Waals surface area contributed by atoms with Crippen molar-refractivity contribution in [3.05, 3.63) is 35.9 Å². The molecule has 2 nitrogen and oxygen atoms in total. The van der Waals surface area contributed by atoms with Crippen molar-refractivity contribution in [2.75, 3.05) is 0 Å². The van der Waals surface area contributed by atoms with Crippen molar-refractivity contribution in [1.82, 2.24) is 0 Å². The Hall–Kier alpha value is -0.860. The van der Waals surface area contributed by atoms with E-state index in [2.05, 4.69) is 0 Å². The van der Waals surface area contributed by atoms with E-state index in [0.29, 0.717) is 13.0 Å². The normalized spacial score (nSPS) is 12.8. The van der Waals surface area contributed by atoms with E-state index in [4.69, 9.17) is 9.84 Å². The molecule has 0 fully saturated rings. The molecule has 0 bridgehead atoms. The molecule has 0 radical (unpaired) electrons. The second-order valence-electron chi connectivity index (χ2n) is 2.66. The summed E-state index contributed by atoms with van der Waals surface area (Å²) in [6, 6.07) is 9.82. The first-order valence-electron chi connectivity index (χ1n) is 4.16. The zero-order valence-corrected chi connectivity index (χ0v) is 7.23. The summed E-state index contributed by atoms with van der Waals surface area (Å²) >= 11 is 0. The molecule has 0 aliphatic rings. The molecular weight excluding hydrogens is 152 g/mol. The molecular formula is C10H14O2. The lowest BCUT2D eigenvalue weighted by molar-refractivity contribution is -0.109. The zero-order valence-electron chi connectivity index (χ0n) is 7.23. The van der Waals surface area contributed by atoms with Crippen LogP contribution in [0.1, 0.15) is 18.9 Å². The molecule has 12 heavy (non-hydrogen) atoms. The van der Waals surface area contributed by atoms with E-state index < -0.39 is 6.29 Å². The second-order valence-corrected chi connectivity index (χ2v) is 2.66. The van der Waals surface area contributed by atoms with Gasteiger partial charge in [-0.1, -0.05) is 37.3 Å². The lowest BCUT2D eigenvalue weighted by Crippen LogP contribution is -2.09. The molecule has 1 atom stereocenters. The van der Waals surface area contributed by atoms with Gasteiger partial charge in [-0.05, 0) is 12.0 Å². The maximum absolute atomic E-state index is 9.10. The van der Waals surface area contributed by atoms with Crippen LogP contribution in [0.3, 0.4) is 0 Å². The van der Waals surface area contributed by atoms with Crippen LogP contribution >= 0.6 is 0 Å². The van der Waals surface area contributed by atoms with Crippen molar-refractivity contribution in [3.8, 4) is 0 Å². The lowest BCUT2D eigenvalue weighted by Gasteiger charge is -2.08. The van der Waals surface area contributed by atoms with Gasteiger partial charge in [-0.2, -0.15) is 0 Å². The minimum Gasteiger partial charge on any atom is -0.368 e. The molecule has 1 rings (SSSR count). The maximum atomic E-state index is 9.10. The van der Waals surface area contributed by atoms with Gasteiger partial charge < -0.3 is 9.84 Å². The first kappa shape index (κ1) is 9.23. The molecule has 2 heteroatoms. The Kier molecular flexibility index (Phi) is 3.77. The predicted octanol–water partition coefficient (Wildman–Crippen LogP) is 1.93. The van der Waals surface area contributed by atoms with Crippen molar-refractivity contribution in [2.24, 2.45) is 0 Å². The summed E-state index contributed by atoms with van der Waals surface area (Å²) in [6.07, 6.45) is -0.00229. The van der Waals surface area contributed by atoms with Crippen molar-refractivity contribution in [1.29, 1.82) is 0 Å². The molecule has 0 amide bonds. The van der Waals surface area contributed by atoms with E-state index in [-0.39, 0.29) is 0 Å². The summed E-state index contributed by atoms with van der Waals surface area (Å²) in [5, 5.41) is 9.10. The average molecular weight is 166 g/mol. The van der Waals surface area contributed by atoms with Gasteiger partial charge in [0, 0.05) is 0 Å². The van der Waals surface area contributed by atoms with Gasteiger partial charge in [0.2, 0.25) is 0 Å². The van der Waals surface area contributed by atoms with E-state index in [1.807, 2.05) is 37.3 Å². The summed E-state index contributed by atoms with van der Waals surface area (Å²) in [5.41, 5.74) is 1.09. The number of hydrogen-bond acceptors (Lipinski definition) is 2. The van der Waals surface area contributed by atoms with Crippen LogP contribution in [0.15, 0.2) is 30.3 Å². The molecule has 1 N–H and O–H groups in total. The lowest BCUT2D eigenvalue weighted by atomic mass is 10.2. The minimum absolute atomic E-state index is 0.482. The number of hydrogen-bond donors (Lipinski definition) is 1. The summed E-state index contributed by atoms with van der Waals surface area (Å²) in [4.78, 5) is 0. The third-order valence-electron chi connectivity index (χ3n) is 1.63. The van der Waals surface area contributed by atoms with Gasteiger partial charge in [-0.15, -0.1) is 0 Å². The molecule has 0 aliphatic heterocycles. The van der Waals surface area contributed by atoms with Crippen LogP contribution in [0.25, 0.3) is 0 Å². The van der Waals surface area contributed by atoms with Crippen LogP contribution in [0.4, 0.5) is 0 Å². The third kappa shape index (κ3) is 3.03. The molecule has 0 heterocycles. The van der Waals surface area contributed by atoms with Crippen LogP contribution < -0.4 is 0 Å². The molecule has 0 saturated carbocycles. The van der Waals surface area contributed by atoms with E-state index in [9.17, 15) is 0 Å². The summed E-state index contributed by atoms with van der Waals surface area (Å²) in [6.45, 7) is 2.37. The fourth-order valence-corrected chi connectivity index (χ4v) is 0.885. The summed E-state index contributed by atoms with van der Waals surface area (Å²) in [7, 11) is 0. The quantitative estimate of drug-likeness (QED) is 0.692. The summed E-state index contributed by atoms with van der Waals surface area (Å²) in [5.74, 6) is 0. The number of aliphatic hydroxyl groups is 1. The maximum Gasteiger partial charge on any atom is 0.154 e. The van der Waals surface area contributed by atoms with Gasteiger partial charge >= 0.3 is 0 Å². The van der Waals surface area contributed by atoms with E-state index >= 15 is 0 Å². The smallest absolute Gasteiger partial charge is 0.154 e. The molecule has 66 valence electrons. The fourth-order valence-electron chi connectivity index (χ4n) is 0.885. The number of rotatable bonds is 4. The highest BCUT2D eigenvalue weighted by Gasteiger charge is 1.99. The topological polar surface area (TPSA) is 29.5 Å². The molecule has 0 spiro atoms. The van der Waals surface area contributed by atoms with E-state index in [0.717, 1.165) is 5.56 Å². The number of aliphatic hydroxyl groups excluding tert-OH is 1. The summed E-state index contributed by atoms with van der Waals surface area (Å²) < 4.78 is 5.13. The monoisotopic (exact) mass is 166 g/mol. The first-order chi connectivity index (χ1) is 5.83. The first-order valence-corrected chi connectivity index (χ1v) is 4.16. The van der Waals surface area contributed by atoms with E-state index in [1.54, 1.807) is 0 Å². The van der Waals surface area contributed by atoms with Gasteiger partial charge in [0.25, 0.3) is 0 Å². The average Bonchev–Trinajstić information content (AvgIpc) is 2.16. The number of benzene rings is 1. The Bertz CT molecular complexity index is 208. The fraction of sp³-hybridized carbons (Fsp3) is 0.400. The van der Waals surface area contributed by atoms with Gasteiger partial charge in [0.1, 0.15) is 0 Å². The molecule has 0 saturated heterocycles. The van der Waals surface area contributed by atoms with Crippen molar-refractivity contribution < 1.29 is 9.84 Å². The Labute approximate surface area is 72.8 Å².